The van der Waals surface area contributed by atoms with Crippen molar-refractivity contribution in [3.8, 4) is 11.1 Å². The Bertz CT molecular complexity index is 1110. The van der Waals surface area contributed by atoms with Crippen LogP contribution in [-0.4, -0.2) is 37.9 Å². The first-order valence-electron chi connectivity index (χ1n) is 9.06. The maximum Gasteiger partial charge on any atom is 0.336 e. The molecule has 1 fully saturated rings. The molecule has 0 aliphatic carbocycles. The highest BCUT2D eigenvalue weighted by Gasteiger charge is 2.47. The van der Waals surface area contributed by atoms with Crippen molar-refractivity contribution in [2.45, 2.75) is 6.92 Å². The summed E-state index contributed by atoms with van der Waals surface area (Å²) >= 11 is 0. The predicted octanol–water partition coefficient (Wildman–Crippen LogP) is 3.31. The molecule has 1 aliphatic heterocycles. The van der Waals surface area contributed by atoms with Gasteiger partial charge in [-0.1, -0.05) is 24.3 Å². The van der Waals surface area contributed by atoms with Gasteiger partial charge >= 0.3 is 11.6 Å². The highest BCUT2D eigenvalue weighted by molar-refractivity contribution is 5.95. The first kappa shape index (κ1) is 18.3. The van der Waals surface area contributed by atoms with E-state index in [-0.39, 0.29) is 13.2 Å². The highest BCUT2D eigenvalue weighted by atomic mass is 16.5. The molecule has 1 saturated heterocycles. The number of carbonyl (C=O) groups is 1. The van der Waals surface area contributed by atoms with E-state index in [4.69, 9.17) is 9.15 Å². The van der Waals surface area contributed by atoms with Gasteiger partial charge in [-0.15, -0.1) is 0 Å². The number of aryl methyl sites for hydroxylation is 1. The molecular weight excluding hydrogens is 358 g/mol. The fourth-order valence-corrected chi connectivity index (χ4v) is 3.66. The molecule has 1 N–H and O–H groups in total. The van der Waals surface area contributed by atoms with Gasteiger partial charge in [-0.3, -0.25) is 4.79 Å². The van der Waals surface area contributed by atoms with Crippen LogP contribution in [0.1, 0.15) is 5.56 Å². The summed E-state index contributed by atoms with van der Waals surface area (Å²) in [5.41, 5.74) is 2.83. The molecule has 0 amide bonds. The van der Waals surface area contributed by atoms with E-state index in [0.717, 1.165) is 27.8 Å². The topological polar surface area (TPSA) is 80.0 Å². The zero-order valence-corrected chi connectivity index (χ0v) is 15.8. The smallest absolute Gasteiger partial charge is 0.336 e. The molecule has 2 heterocycles. The van der Waals surface area contributed by atoms with Crippen molar-refractivity contribution in [2.24, 2.45) is 5.41 Å². The molecule has 6 nitrogen and oxygen atoms in total. The van der Waals surface area contributed by atoms with Crippen LogP contribution < -0.4 is 10.5 Å². The van der Waals surface area contributed by atoms with Crippen LogP contribution in [-0.2, 0) is 9.53 Å². The third-order valence-electron chi connectivity index (χ3n) is 5.35. The van der Waals surface area contributed by atoms with Crippen molar-refractivity contribution in [3.63, 3.8) is 0 Å². The Morgan fingerprint density at radius 3 is 2.54 bits per heavy atom. The maximum absolute atomic E-state index is 12.2. The summed E-state index contributed by atoms with van der Waals surface area (Å²) in [6, 6.07) is 15.0. The largest absolute Gasteiger partial charge is 0.481 e. The van der Waals surface area contributed by atoms with E-state index in [1.54, 1.807) is 6.07 Å². The van der Waals surface area contributed by atoms with E-state index in [0.29, 0.717) is 12.1 Å². The summed E-state index contributed by atoms with van der Waals surface area (Å²) < 4.78 is 10.6. The number of nitrogens with zero attached hydrogens (tertiary/aromatic N) is 1. The van der Waals surface area contributed by atoms with Crippen LogP contribution in [0.25, 0.3) is 22.1 Å². The summed E-state index contributed by atoms with van der Waals surface area (Å²) in [7, 11) is 1.83. The fraction of sp³-hybridized carbons (Fsp3) is 0.273. The Hall–Kier alpha value is -3.12. The summed E-state index contributed by atoms with van der Waals surface area (Å²) in [6.07, 6.45) is 0. The van der Waals surface area contributed by atoms with Gasteiger partial charge < -0.3 is 19.2 Å². The van der Waals surface area contributed by atoms with Gasteiger partial charge in [0.1, 0.15) is 11.0 Å². The number of hydrogen-bond donors (Lipinski definition) is 1. The SMILES string of the molecule is Cc1ccccc1-c1cc(=O)oc2cc(N(C)CC3(C(=O)O)COC3)ccc12. The second kappa shape index (κ2) is 6.80. The molecule has 2 aromatic carbocycles. The Balaban J connectivity index is 1.75. The lowest BCUT2D eigenvalue weighted by molar-refractivity contribution is -0.177. The van der Waals surface area contributed by atoms with Gasteiger partial charge in [0.15, 0.2) is 0 Å². The van der Waals surface area contributed by atoms with E-state index in [9.17, 15) is 14.7 Å². The van der Waals surface area contributed by atoms with Crippen molar-refractivity contribution < 1.29 is 19.1 Å². The average Bonchev–Trinajstić information content (AvgIpc) is 2.63. The van der Waals surface area contributed by atoms with E-state index in [1.165, 1.54) is 6.07 Å². The Labute approximate surface area is 162 Å². The lowest BCUT2D eigenvalue weighted by Crippen LogP contribution is -2.55. The van der Waals surface area contributed by atoms with Crippen molar-refractivity contribution in [1.82, 2.24) is 0 Å². The molecule has 28 heavy (non-hydrogen) atoms. The normalized spacial score (nSPS) is 15.2. The van der Waals surface area contributed by atoms with Gasteiger partial charge in [0, 0.05) is 42.4 Å². The molecule has 0 atom stereocenters. The van der Waals surface area contributed by atoms with Crippen LogP contribution in [0.3, 0.4) is 0 Å². The molecule has 0 unspecified atom stereocenters. The van der Waals surface area contributed by atoms with Gasteiger partial charge in [-0.2, -0.15) is 0 Å². The number of carboxylic acid groups (broad SMARTS) is 1. The van der Waals surface area contributed by atoms with Crippen molar-refractivity contribution in [2.75, 3.05) is 31.7 Å². The molecular formula is C22H21NO5. The second-order valence-electron chi connectivity index (χ2n) is 7.41. The number of anilines is 1. The zero-order valence-electron chi connectivity index (χ0n) is 15.8. The lowest BCUT2D eigenvalue weighted by atomic mass is 9.85. The van der Waals surface area contributed by atoms with Gasteiger partial charge in [0.25, 0.3) is 0 Å². The standard InChI is InChI=1S/C22H21NO5/c1-14-5-3-4-6-16(14)18-10-20(24)28-19-9-15(7-8-17(18)19)23(2)11-22(21(25)26)12-27-13-22/h3-10H,11-13H2,1-2H3,(H,25,26). The summed E-state index contributed by atoms with van der Waals surface area (Å²) in [4.78, 5) is 25.6. The van der Waals surface area contributed by atoms with Crippen LogP contribution in [0.5, 0.6) is 0 Å². The van der Waals surface area contributed by atoms with Gasteiger partial charge in [-0.05, 0) is 30.2 Å². The van der Waals surface area contributed by atoms with Crippen LogP contribution in [0, 0.1) is 12.3 Å². The fourth-order valence-electron chi connectivity index (χ4n) is 3.66. The Morgan fingerprint density at radius 1 is 1.14 bits per heavy atom. The van der Waals surface area contributed by atoms with Gasteiger partial charge in [0.2, 0.25) is 0 Å². The van der Waals surface area contributed by atoms with E-state index in [2.05, 4.69) is 0 Å². The van der Waals surface area contributed by atoms with Crippen LogP contribution >= 0.6 is 0 Å². The number of hydrogen-bond acceptors (Lipinski definition) is 5. The number of aliphatic carboxylic acids is 1. The molecule has 0 bridgehead atoms. The highest BCUT2D eigenvalue weighted by Crippen LogP contribution is 2.34. The van der Waals surface area contributed by atoms with Crippen molar-refractivity contribution in [1.29, 1.82) is 0 Å². The maximum atomic E-state index is 12.2. The average molecular weight is 379 g/mol. The van der Waals surface area contributed by atoms with E-state index < -0.39 is 17.0 Å². The minimum absolute atomic E-state index is 0.201. The minimum atomic E-state index is -0.895. The Kier molecular flexibility index (Phi) is 4.43. The molecule has 3 aromatic rings. The second-order valence-corrected chi connectivity index (χ2v) is 7.41. The Morgan fingerprint density at radius 2 is 1.89 bits per heavy atom. The quantitative estimate of drug-likeness (QED) is 0.685. The van der Waals surface area contributed by atoms with Gasteiger partial charge in [0.05, 0.1) is 13.2 Å². The zero-order chi connectivity index (χ0) is 19.9. The number of fused-ring (bicyclic) bond motifs is 1. The van der Waals surface area contributed by atoms with Crippen LogP contribution in [0.15, 0.2) is 57.7 Å². The first-order valence-corrected chi connectivity index (χ1v) is 9.06. The minimum Gasteiger partial charge on any atom is -0.481 e. The van der Waals surface area contributed by atoms with Crippen molar-refractivity contribution in [3.05, 3.63) is 64.5 Å². The summed E-state index contributed by atoms with van der Waals surface area (Å²) in [5, 5.41) is 10.3. The summed E-state index contributed by atoms with van der Waals surface area (Å²) in [5.74, 6) is -0.861. The number of rotatable bonds is 5. The summed E-state index contributed by atoms with van der Waals surface area (Å²) in [6.45, 7) is 2.72. The molecule has 144 valence electrons. The molecule has 0 saturated carbocycles. The molecule has 1 aliphatic rings. The molecule has 0 radical (unpaired) electrons. The number of ether oxygens (including phenoxy) is 1. The molecule has 4 rings (SSSR count). The van der Waals surface area contributed by atoms with Crippen LogP contribution in [0.4, 0.5) is 5.69 Å². The third kappa shape index (κ3) is 3.05. The molecule has 6 heteroatoms. The van der Waals surface area contributed by atoms with Gasteiger partial charge in [-0.25, -0.2) is 4.79 Å². The molecule has 1 aromatic heterocycles. The van der Waals surface area contributed by atoms with E-state index in [1.807, 2.05) is 55.3 Å². The predicted molar refractivity (Wildman–Crippen MR) is 107 cm³/mol. The molecule has 0 spiro atoms. The van der Waals surface area contributed by atoms with Crippen LogP contribution in [0.2, 0.25) is 0 Å². The monoisotopic (exact) mass is 379 g/mol. The van der Waals surface area contributed by atoms with Crippen molar-refractivity contribution >= 4 is 22.6 Å². The lowest BCUT2D eigenvalue weighted by Gasteiger charge is -2.40. The number of carboxylic acids is 1. The van der Waals surface area contributed by atoms with E-state index >= 15 is 0 Å². The first-order chi connectivity index (χ1) is 13.4. The number of benzene rings is 2. The third-order valence-corrected chi connectivity index (χ3v) is 5.35.